The molecule has 0 amide bonds. The molecule has 0 aliphatic heterocycles. The van der Waals surface area contributed by atoms with E-state index in [4.69, 9.17) is 9.08 Å². The average molecular weight is 272 g/mol. The molecule has 3 nitrogen and oxygen atoms in total. The Bertz CT molecular complexity index is 261. The van der Waals surface area contributed by atoms with Gasteiger partial charge >= 0.3 is 5.97 Å². The Kier molecular flexibility index (Phi) is 7.22. The monoisotopic (exact) mass is 272 g/mol. The van der Waals surface area contributed by atoms with E-state index in [2.05, 4.69) is 26.6 Å². The molecule has 0 saturated heterocycles. The summed E-state index contributed by atoms with van der Waals surface area (Å²) < 4.78 is 11.3. The lowest BCUT2D eigenvalue weighted by molar-refractivity contribution is -0.158. The second kappa shape index (κ2) is 7.34. The lowest BCUT2D eigenvalue weighted by Gasteiger charge is -2.26. The summed E-state index contributed by atoms with van der Waals surface area (Å²) in [4.78, 5) is 12.0. The maximum Gasteiger partial charge on any atom is 0.311 e. The third-order valence-electron chi connectivity index (χ3n) is 2.82. The molecule has 0 rings (SSSR count). The molecule has 0 bridgehead atoms. The molecule has 0 N–H and O–H groups in total. The van der Waals surface area contributed by atoms with Crippen LogP contribution in [0.1, 0.15) is 40.5 Å². The normalized spacial score (nSPS) is 14.2. The first kappa shape index (κ1) is 17.7. The number of hydrogen-bond donors (Lipinski definition) is 0. The number of carbonyl (C=O) groups excluding carboxylic acids is 1. The van der Waals surface area contributed by atoms with Crippen molar-refractivity contribution in [2.75, 3.05) is 0 Å². The van der Waals surface area contributed by atoms with E-state index in [1.54, 1.807) is 0 Å². The van der Waals surface area contributed by atoms with Gasteiger partial charge in [-0.15, -0.1) is 0 Å². The zero-order valence-corrected chi connectivity index (χ0v) is 14.1. The number of carbonyl (C=O) groups is 1. The van der Waals surface area contributed by atoms with Gasteiger partial charge in [0.15, 0.2) is 8.32 Å². The molecule has 0 saturated carbocycles. The summed E-state index contributed by atoms with van der Waals surface area (Å²) in [6.45, 7) is 14.4. The molecule has 1 unspecified atom stereocenters. The molecule has 0 aliphatic carbocycles. The molecule has 0 aromatic carbocycles. The van der Waals surface area contributed by atoms with Crippen molar-refractivity contribution >= 4 is 21.8 Å². The van der Waals surface area contributed by atoms with Crippen molar-refractivity contribution in [1.29, 1.82) is 0 Å². The molecule has 18 heavy (non-hydrogen) atoms. The summed E-state index contributed by atoms with van der Waals surface area (Å²) in [7, 11) is -0.850. The molecule has 0 heterocycles. The highest BCUT2D eigenvalue weighted by Crippen LogP contribution is 2.24. The van der Waals surface area contributed by atoms with Gasteiger partial charge in [0.25, 0.3) is 7.48 Å². The first-order valence-electron chi connectivity index (χ1n) is 6.93. The van der Waals surface area contributed by atoms with Crippen LogP contribution in [0.4, 0.5) is 0 Å². The van der Waals surface area contributed by atoms with Gasteiger partial charge in [0.05, 0.1) is 11.5 Å². The lowest BCUT2D eigenvalue weighted by atomic mass is 9.75. The van der Waals surface area contributed by atoms with Crippen molar-refractivity contribution < 1.29 is 13.9 Å². The number of esters is 1. The summed E-state index contributed by atoms with van der Waals surface area (Å²) >= 11 is 0. The molecule has 0 aromatic rings. The van der Waals surface area contributed by atoms with Crippen molar-refractivity contribution in [2.24, 2.45) is 5.41 Å². The van der Waals surface area contributed by atoms with Gasteiger partial charge < -0.3 is 9.08 Å². The fourth-order valence-corrected chi connectivity index (χ4v) is 2.24. The Morgan fingerprint density at radius 1 is 1.33 bits per heavy atom. The molecule has 0 spiro atoms. The second-order valence-corrected chi connectivity index (χ2v) is 11.1. The van der Waals surface area contributed by atoms with E-state index in [1.807, 2.05) is 20.8 Å². The van der Waals surface area contributed by atoms with Crippen LogP contribution in [0.3, 0.4) is 0 Å². The minimum absolute atomic E-state index is 0.0136. The van der Waals surface area contributed by atoms with Crippen molar-refractivity contribution in [2.45, 2.75) is 72.6 Å². The smallest absolute Gasteiger partial charge is 0.311 e. The van der Waals surface area contributed by atoms with E-state index < -0.39 is 13.7 Å². The summed E-state index contributed by atoms with van der Waals surface area (Å²) in [5, 5.41) is 0. The van der Waals surface area contributed by atoms with Crippen LogP contribution < -0.4 is 0 Å². The van der Waals surface area contributed by atoms with Gasteiger partial charge in [-0.2, -0.15) is 0 Å². The van der Waals surface area contributed by atoms with E-state index >= 15 is 0 Å². The Balaban J connectivity index is 4.15. The standard InChI is InChI=1S/C13H29BO3Si/c1-8-9-11(2)16-12(15)13(3,4)10-14-17-18(5,6)7/h11,14H,8-10H2,1-7H3. The third kappa shape index (κ3) is 7.93. The summed E-state index contributed by atoms with van der Waals surface area (Å²) in [6.07, 6.45) is 2.69. The largest absolute Gasteiger partial charge is 0.480 e. The lowest BCUT2D eigenvalue weighted by Crippen LogP contribution is -2.34. The molecule has 0 aromatic heterocycles. The van der Waals surface area contributed by atoms with Crippen molar-refractivity contribution in [3.8, 4) is 0 Å². The molecular weight excluding hydrogens is 243 g/mol. The van der Waals surface area contributed by atoms with Gasteiger partial charge in [-0.05, 0) is 53.2 Å². The van der Waals surface area contributed by atoms with E-state index in [9.17, 15) is 4.79 Å². The molecule has 0 radical (unpaired) electrons. The Morgan fingerprint density at radius 2 is 1.89 bits per heavy atom. The maximum absolute atomic E-state index is 12.0. The predicted octanol–water partition coefficient (Wildman–Crippen LogP) is 3.37. The molecule has 0 fully saturated rings. The number of rotatable bonds is 8. The van der Waals surface area contributed by atoms with Gasteiger partial charge in [-0.1, -0.05) is 13.3 Å². The van der Waals surface area contributed by atoms with Crippen LogP contribution in [0.5, 0.6) is 0 Å². The zero-order chi connectivity index (χ0) is 14.4. The van der Waals surface area contributed by atoms with Crippen molar-refractivity contribution in [3.05, 3.63) is 0 Å². The fourth-order valence-electron chi connectivity index (χ4n) is 1.52. The Morgan fingerprint density at radius 3 is 2.33 bits per heavy atom. The van der Waals surface area contributed by atoms with Gasteiger partial charge in [-0.3, -0.25) is 4.79 Å². The highest BCUT2D eigenvalue weighted by atomic mass is 28.4. The number of ether oxygens (including phenoxy) is 1. The average Bonchev–Trinajstić information content (AvgIpc) is 2.15. The van der Waals surface area contributed by atoms with E-state index in [1.165, 1.54) is 0 Å². The second-order valence-electron chi connectivity index (χ2n) is 6.60. The molecule has 106 valence electrons. The summed E-state index contributed by atoms with van der Waals surface area (Å²) in [5.74, 6) is -0.109. The first-order valence-corrected chi connectivity index (χ1v) is 10.3. The summed E-state index contributed by atoms with van der Waals surface area (Å²) in [6, 6.07) is 0. The van der Waals surface area contributed by atoms with Gasteiger partial charge in [0.2, 0.25) is 0 Å². The fraction of sp³-hybridized carbons (Fsp3) is 0.923. The van der Waals surface area contributed by atoms with Crippen LogP contribution >= 0.6 is 0 Å². The van der Waals surface area contributed by atoms with Gasteiger partial charge in [0, 0.05) is 0 Å². The third-order valence-corrected chi connectivity index (χ3v) is 3.89. The van der Waals surface area contributed by atoms with Gasteiger partial charge in [-0.25, -0.2) is 0 Å². The zero-order valence-electron chi connectivity index (χ0n) is 13.1. The van der Waals surface area contributed by atoms with Crippen LogP contribution in [0, 0.1) is 5.41 Å². The van der Waals surface area contributed by atoms with Crippen LogP contribution in [-0.2, 0) is 13.9 Å². The minimum atomic E-state index is -1.49. The van der Waals surface area contributed by atoms with Crippen LogP contribution in [0.15, 0.2) is 0 Å². The van der Waals surface area contributed by atoms with E-state index in [0.717, 1.165) is 19.2 Å². The van der Waals surface area contributed by atoms with E-state index in [-0.39, 0.29) is 12.1 Å². The molecule has 5 heteroatoms. The van der Waals surface area contributed by atoms with Crippen LogP contribution in [0.25, 0.3) is 0 Å². The summed E-state index contributed by atoms with van der Waals surface area (Å²) in [5.41, 5.74) is -0.457. The van der Waals surface area contributed by atoms with Crippen molar-refractivity contribution in [1.82, 2.24) is 0 Å². The SMILES string of the molecule is CCCC(C)OC(=O)C(C)(C)CBO[Si](C)(C)C. The van der Waals surface area contributed by atoms with E-state index in [0.29, 0.717) is 7.48 Å². The highest BCUT2D eigenvalue weighted by Gasteiger charge is 2.31. The van der Waals surface area contributed by atoms with Crippen LogP contribution in [0.2, 0.25) is 26.0 Å². The Hall–Kier alpha value is -0.288. The first-order chi connectivity index (χ1) is 8.08. The molecule has 1 atom stereocenters. The topological polar surface area (TPSA) is 35.5 Å². The quantitative estimate of drug-likeness (QED) is 0.502. The minimum Gasteiger partial charge on any atom is -0.480 e. The predicted molar refractivity (Wildman–Crippen MR) is 80.6 cm³/mol. The van der Waals surface area contributed by atoms with Crippen molar-refractivity contribution in [3.63, 3.8) is 0 Å². The molecule has 0 aliphatic rings. The maximum atomic E-state index is 12.0. The number of hydrogen-bond acceptors (Lipinski definition) is 3. The van der Waals surface area contributed by atoms with Gasteiger partial charge in [0.1, 0.15) is 0 Å². The van der Waals surface area contributed by atoms with Crippen LogP contribution in [-0.4, -0.2) is 27.9 Å². The highest BCUT2D eigenvalue weighted by molar-refractivity contribution is 6.73. The Labute approximate surface area is 114 Å². The molecular formula is C13H29BO3Si.